The molecule has 0 heterocycles. The molecular weight excluding hydrogens is 136 g/mol. The normalized spacial score (nSPS) is 30.3. The van der Waals surface area contributed by atoms with Gasteiger partial charge in [0.25, 0.3) is 0 Å². The first-order valence-corrected chi connectivity index (χ1v) is 4.13. The van der Waals surface area contributed by atoms with Crippen molar-refractivity contribution in [2.75, 3.05) is 7.11 Å². The number of methoxy groups -OCH3 is 1. The van der Waals surface area contributed by atoms with Gasteiger partial charge in [0, 0.05) is 7.11 Å². The van der Waals surface area contributed by atoms with Crippen LogP contribution >= 0.6 is 0 Å². The van der Waals surface area contributed by atoms with Gasteiger partial charge in [-0.1, -0.05) is 30.7 Å². The molecule has 0 amide bonds. The molecule has 1 unspecified atom stereocenters. The lowest BCUT2D eigenvalue weighted by atomic mass is 9.93. The van der Waals surface area contributed by atoms with E-state index >= 15 is 0 Å². The molecule has 1 aliphatic rings. The molecule has 62 valence electrons. The average Bonchev–Trinajstić information content (AvgIpc) is 2.06. The number of hydrogen-bond donors (Lipinski definition) is 0. The molecule has 11 heavy (non-hydrogen) atoms. The smallest absolute Gasteiger partial charge is 0.0868 e. The maximum Gasteiger partial charge on any atom is 0.0868 e. The molecule has 0 bridgehead atoms. The summed E-state index contributed by atoms with van der Waals surface area (Å²) >= 11 is 0. The third-order valence-corrected chi connectivity index (χ3v) is 2.29. The summed E-state index contributed by atoms with van der Waals surface area (Å²) in [7, 11) is 1.76. The molecule has 1 nitrogen and oxygen atoms in total. The molecule has 0 fully saturated rings. The molecular formula is C10H16O. The van der Waals surface area contributed by atoms with E-state index in [0.717, 1.165) is 12.8 Å². The zero-order valence-corrected chi connectivity index (χ0v) is 7.55. The van der Waals surface area contributed by atoms with E-state index in [1.807, 2.05) is 0 Å². The quantitative estimate of drug-likeness (QED) is 0.591. The van der Waals surface area contributed by atoms with Gasteiger partial charge in [-0.05, 0) is 19.8 Å². The Bertz CT molecular complexity index is 191. The first kappa shape index (κ1) is 8.54. The molecule has 1 atom stereocenters. The van der Waals surface area contributed by atoms with Crippen LogP contribution in [0.4, 0.5) is 0 Å². The second-order valence-corrected chi connectivity index (χ2v) is 3.19. The van der Waals surface area contributed by atoms with Crippen LogP contribution in [0, 0.1) is 0 Å². The van der Waals surface area contributed by atoms with Crippen LogP contribution in [0.1, 0.15) is 26.7 Å². The molecule has 0 spiro atoms. The molecule has 0 N–H and O–H groups in total. The van der Waals surface area contributed by atoms with Crippen molar-refractivity contribution in [3.05, 3.63) is 23.8 Å². The fourth-order valence-corrected chi connectivity index (χ4v) is 1.17. The highest BCUT2D eigenvalue weighted by Crippen LogP contribution is 2.24. The molecule has 0 aromatic rings. The highest BCUT2D eigenvalue weighted by Gasteiger charge is 2.20. The maximum atomic E-state index is 5.34. The molecule has 0 aromatic heterocycles. The average molecular weight is 152 g/mol. The van der Waals surface area contributed by atoms with E-state index in [9.17, 15) is 0 Å². The Hall–Kier alpha value is -0.560. The fourth-order valence-electron chi connectivity index (χ4n) is 1.17. The minimum atomic E-state index is -0.0569. The Labute approximate surface area is 68.8 Å². The Balaban J connectivity index is 2.63. The summed E-state index contributed by atoms with van der Waals surface area (Å²) in [5, 5.41) is 0. The lowest BCUT2D eigenvalue weighted by Crippen LogP contribution is -2.24. The second-order valence-electron chi connectivity index (χ2n) is 3.19. The lowest BCUT2D eigenvalue weighted by molar-refractivity contribution is 0.0502. The molecule has 0 aliphatic heterocycles. The number of hydrogen-bond acceptors (Lipinski definition) is 1. The van der Waals surface area contributed by atoms with Gasteiger partial charge < -0.3 is 4.74 Å². The second kappa shape index (κ2) is 3.22. The van der Waals surface area contributed by atoms with Crippen molar-refractivity contribution in [2.24, 2.45) is 0 Å². The van der Waals surface area contributed by atoms with Crippen molar-refractivity contribution in [1.29, 1.82) is 0 Å². The van der Waals surface area contributed by atoms with Crippen molar-refractivity contribution in [3.63, 3.8) is 0 Å². The summed E-state index contributed by atoms with van der Waals surface area (Å²) in [5.41, 5.74) is 1.36. The van der Waals surface area contributed by atoms with E-state index in [1.165, 1.54) is 5.57 Å². The Morgan fingerprint density at radius 1 is 1.64 bits per heavy atom. The van der Waals surface area contributed by atoms with Crippen LogP contribution in [0.2, 0.25) is 0 Å². The summed E-state index contributed by atoms with van der Waals surface area (Å²) in [4.78, 5) is 0. The molecule has 1 aliphatic carbocycles. The predicted molar refractivity (Wildman–Crippen MR) is 47.5 cm³/mol. The first-order valence-electron chi connectivity index (χ1n) is 4.13. The highest BCUT2D eigenvalue weighted by atomic mass is 16.5. The minimum Gasteiger partial charge on any atom is -0.374 e. The van der Waals surface area contributed by atoms with E-state index in [-0.39, 0.29) is 5.60 Å². The van der Waals surface area contributed by atoms with E-state index in [1.54, 1.807) is 7.11 Å². The van der Waals surface area contributed by atoms with Gasteiger partial charge in [0.15, 0.2) is 0 Å². The molecule has 0 radical (unpaired) electrons. The van der Waals surface area contributed by atoms with Crippen molar-refractivity contribution in [2.45, 2.75) is 32.3 Å². The fraction of sp³-hybridized carbons (Fsp3) is 0.600. The van der Waals surface area contributed by atoms with E-state index in [2.05, 4.69) is 32.1 Å². The van der Waals surface area contributed by atoms with Crippen LogP contribution in [0.15, 0.2) is 23.8 Å². The monoisotopic (exact) mass is 152 g/mol. The first-order chi connectivity index (χ1) is 5.20. The topological polar surface area (TPSA) is 9.23 Å². The lowest BCUT2D eigenvalue weighted by Gasteiger charge is -2.26. The zero-order valence-electron chi connectivity index (χ0n) is 7.55. The summed E-state index contributed by atoms with van der Waals surface area (Å²) in [6.07, 6.45) is 8.68. The summed E-state index contributed by atoms with van der Waals surface area (Å²) in [6, 6.07) is 0. The standard InChI is InChI=1S/C10H16O/c1-4-9-5-7-10(2,11-3)8-6-9/h5-7H,4,8H2,1-3H3. The molecule has 0 aromatic carbocycles. The van der Waals surface area contributed by atoms with Crippen LogP contribution in [0.5, 0.6) is 0 Å². The van der Waals surface area contributed by atoms with Gasteiger partial charge in [0.1, 0.15) is 0 Å². The third-order valence-electron chi connectivity index (χ3n) is 2.29. The van der Waals surface area contributed by atoms with Crippen LogP contribution < -0.4 is 0 Å². The van der Waals surface area contributed by atoms with E-state index in [0.29, 0.717) is 0 Å². The summed E-state index contributed by atoms with van der Waals surface area (Å²) in [5.74, 6) is 0. The van der Waals surface area contributed by atoms with Crippen molar-refractivity contribution >= 4 is 0 Å². The largest absolute Gasteiger partial charge is 0.374 e. The van der Waals surface area contributed by atoms with Gasteiger partial charge >= 0.3 is 0 Å². The number of rotatable bonds is 2. The van der Waals surface area contributed by atoms with Crippen molar-refractivity contribution < 1.29 is 4.74 Å². The van der Waals surface area contributed by atoms with Crippen LogP contribution in [0.3, 0.4) is 0 Å². The number of ether oxygens (including phenoxy) is 1. The van der Waals surface area contributed by atoms with E-state index < -0.39 is 0 Å². The van der Waals surface area contributed by atoms with Crippen LogP contribution in [-0.4, -0.2) is 12.7 Å². The van der Waals surface area contributed by atoms with Crippen LogP contribution in [0.25, 0.3) is 0 Å². The van der Waals surface area contributed by atoms with Gasteiger partial charge in [-0.15, -0.1) is 0 Å². The van der Waals surface area contributed by atoms with Gasteiger partial charge in [0.2, 0.25) is 0 Å². The third kappa shape index (κ3) is 1.93. The minimum absolute atomic E-state index is 0.0569. The SMILES string of the molecule is CCC1=CCC(C)(OC)C=C1. The van der Waals surface area contributed by atoms with E-state index in [4.69, 9.17) is 4.74 Å². The Morgan fingerprint density at radius 2 is 2.36 bits per heavy atom. The molecule has 1 rings (SSSR count). The zero-order chi connectivity index (χ0) is 8.32. The van der Waals surface area contributed by atoms with Crippen LogP contribution in [-0.2, 0) is 4.74 Å². The van der Waals surface area contributed by atoms with Crippen molar-refractivity contribution in [3.8, 4) is 0 Å². The summed E-state index contributed by atoms with van der Waals surface area (Å²) in [6.45, 7) is 4.28. The molecule has 1 heteroatoms. The van der Waals surface area contributed by atoms with Gasteiger partial charge in [-0.3, -0.25) is 0 Å². The van der Waals surface area contributed by atoms with Crippen molar-refractivity contribution in [1.82, 2.24) is 0 Å². The van der Waals surface area contributed by atoms with Gasteiger partial charge in [0.05, 0.1) is 5.60 Å². The highest BCUT2D eigenvalue weighted by molar-refractivity contribution is 5.26. The maximum absolute atomic E-state index is 5.34. The molecule has 0 saturated carbocycles. The number of allylic oxidation sites excluding steroid dienone is 2. The van der Waals surface area contributed by atoms with Gasteiger partial charge in [-0.25, -0.2) is 0 Å². The Kier molecular flexibility index (Phi) is 2.50. The molecule has 0 saturated heterocycles. The van der Waals surface area contributed by atoms with Gasteiger partial charge in [-0.2, -0.15) is 0 Å². The Morgan fingerprint density at radius 3 is 2.73 bits per heavy atom. The summed E-state index contributed by atoms with van der Waals surface area (Å²) < 4.78 is 5.34. The predicted octanol–water partition coefficient (Wildman–Crippen LogP) is 2.69.